The lowest BCUT2D eigenvalue weighted by atomic mass is 10.2. The van der Waals surface area contributed by atoms with Crippen LogP contribution in [0.1, 0.15) is 26.7 Å². The molecule has 0 saturated heterocycles. The lowest BCUT2D eigenvalue weighted by Crippen LogP contribution is -2.43. The Morgan fingerprint density at radius 3 is 2.10 bits per heavy atom. The minimum atomic E-state index is -0.269. The lowest BCUT2D eigenvalue weighted by molar-refractivity contribution is -0.139. The molecule has 114 valence electrons. The van der Waals surface area contributed by atoms with E-state index in [0.29, 0.717) is 6.54 Å². The quantitative estimate of drug-likeness (QED) is 0.655. The summed E-state index contributed by atoms with van der Waals surface area (Å²) in [5.74, 6) is -0.623. The molecule has 6 heteroatoms. The number of rotatable bonds is 8. The molecule has 0 aliphatic carbocycles. The molecule has 20 heavy (non-hydrogen) atoms. The van der Waals surface area contributed by atoms with Crippen LogP contribution in [0.2, 0.25) is 0 Å². The van der Waals surface area contributed by atoms with E-state index in [9.17, 15) is 14.4 Å². The largest absolute Gasteiger partial charge is 0.355 e. The van der Waals surface area contributed by atoms with E-state index in [1.54, 1.807) is 21.0 Å². The number of nitrogens with zero attached hydrogens (tertiary/aromatic N) is 2. The molecule has 0 radical (unpaired) electrons. The number of hydrogen-bond donors (Lipinski definition) is 1. The van der Waals surface area contributed by atoms with Crippen LogP contribution in [0.5, 0.6) is 0 Å². The van der Waals surface area contributed by atoms with Gasteiger partial charge in [-0.1, -0.05) is 19.1 Å². The third-order valence-electron chi connectivity index (χ3n) is 2.63. The van der Waals surface area contributed by atoms with Crippen molar-refractivity contribution in [1.29, 1.82) is 0 Å². The maximum absolute atomic E-state index is 11.9. The van der Waals surface area contributed by atoms with Gasteiger partial charge in [0.1, 0.15) is 0 Å². The Morgan fingerprint density at radius 2 is 1.60 bits per heavy atom. The number of nitrogens with one attached hydrogen (secondary N) is 1. The topological polar surface area (TPSA) is 69.7 Å². The van der Waals surface area contributed by atoms with E-state index in [0.717, 1.165) is 12.0 Å². The lowest BCUT2D eigenvalue weighted by Gasteiger charge is -2.21. The first-order valence-electron chi connectivity index (χ1n) is 6.66. The summed E-state index contributed by atoms with van der Waals surface area (Å²) in [7, 11) is 3.11. The summed E-state index contributed by atoms with van der Waals surface area (Å²) in [6.07, 6.45) is 1.08. The summed E-state index contributed by atoms with van der Waals surface area (Å²) in [5.41, 5.74) is 0.751. The van der Waals surface area contributed by atoms with Gasteiger partial charge in [0.15, 0.2) is 0 Å². The van der Waals surface area contributed by atoms with Crippen LogP contribution in [0.15, 0.2) is 12.2 Å². The van der Waals surface area contributed by atoms with Crippen LogP contribution < -0.4 is 5.32 Å². The van der Waals surface area contributed by atoms with E-state index in [2.05, 4.69) is 11.9 Å². The number of amides is 3. The molecule has 0 aliphatic rings. The predicted octanol–water partition coefficient (Wildman–Crippen LogP) is 0.396. The van der Waals surface area contributed by atoms with E-state index < -0.39 is 0 Å². The highest BCUT2D eigenvalue weighted by molar-refractivity contribution is 5.88. The molecule has 0 saturated carbocycles. The average molecular weight is 283 g/mol. The third kappa shape index (κ3) is 7.56. The van der Waals surface area contributed by atoms with Gasteiger partial charge in [0.25, 0.3) is 0 Å². The van der Waals surface area contributed by atoms with Crippen LogP contribution in [0.3, 0.4) is 0 Å². The van der Waals surface area contributed by atoms with E-state index in [-0.39, 0.29) is 37.2 Å². The Kier molecular flexibility index (Phi) is 8.27. The highest BCUT2D eigenvalue weighted by Crippen LogP contribution is 2.00. The van der Waals surface area contributed by atoms with Gasteiger partial charge < -0.3 is 15.1 Å². The second-order valence-corrected chi connectivity index (χ2v) is 4.98. The van der Waals surface area contributed by atoms with Crippen molar-refractivity contribution < 1.29 is 14.4 Å². The molecule has 0 fully saturated rings. The van der Waals surface area contributed by atoms with Crippen LogP contribution >= 0.6 is 0 Å². The van der Waals surface area contributed by atoms with Gasteiger partial charge in [0, 0.05) is 27.1 Å². The Labute approximate surface area is 120 Å². The summed E-state index contributed by atoms with van der Waals surface area (Å²) in [5, 5.41) is 2.70. The van der Waals surface area contributed by atoms with Crippen LogP contribution in [-0.2, 0) is 14.4 Å². The molecule has 0 spiro atoms. The Hall–Kier alpha value is -1.85. The Balaban J connectivity index is 4.21. The highest BCUT2D eigenvalue weighted by atomic mass is 16.2. The SMILES string of the molecule is C=C(C)CC(=O)N(C)CC(=O)N(C)CC(=O)NCCC. The van der Waals surface area contributed by atoms with Crippen molar-refractivity contribution in [2.45, 2.75) is 26.7 Å². The van der Waals surface area contributed by atoms with Gasteiger partial charge in [-0.25, -0.2) is 0 Å². The molecule has 6 nitrogen and oxygen atoms in total. The summed E-state index contributed by atoms with van der Waals surface area (Å²) >= 11 is 0. The molecular weight excluding hydrogens is 258 g/mol. The third-order valence-corrected chi connectivity index (χ3v) is 2.63. The maximum Gasteiger partial charge on any atom is 0.242 e. The van der Waals surface area contributed by atoms with E-state index >= 15 is 0 Å². The van der Waals surface area contributed by atoms with E-state index in [1.165, 1.54) is 9.80 Å². The molecular formula is C14H25N3O3. The molecule has 0 aromatic heterocycles. The van der Waals surface area contributed by atoms with E-state index in [1.807, 2.05) is 6.92 Å². The fourth-order valence-corrected chi connectivity index (χ4v) is 1.43. The second-order valence-electron chi connectivity index (χ2n) is 4.98. The maximum atomic E-state index is 11.9. The van der Waals surface area contributed by atoms with Crippen molar-refractivity contribution in [3.05, 3.63) is 12.2 Å². The molecule has 0 aromatic rings. The fraction of sp³-hybridized carbons (Fsp3) is 0.643. The van der Waals surface area contributed by atoms with Gasteiger partial charge in [-0.05, 0) is 13.3 Å². The van der Waals surface area contributed by atoms with E-state index in [4.69, 9.17) is 0 Å². The Morgan fingerprint density at radius 1 is 1.05 bits per heavy atom. The minimum absolute atomic E-state index is 0.00134. The number of carbonyl (C=O) groups is 3. The monoisotopic (exact) mass is 283 g/mol. The second kappa shape index (κ2) is 9.12. The smallest absolute Gasteiger partial charge is 0.242 e. The first-order chi connectivity index (χ1) is 9.27. The Bertz CT molecular complexity index is 380. The predicted molar refractivity (Wildman–Crippen MR) is 78.0 cm³/mol. The summed E-state index contributed by atoms with van der Waals surface area (Å²) in [6, 6.07) is 0. The van der Waals surface area contributed by atoms with Crippen molar-refractivity contribution >= 4 is 17.7 Å². The first-order valence-corrected chi connectivity index (χ1v) is 6.66. The summed E-state index contributed by atoms with van der Waals surface area (Å²) < 4.78 is 0. The van der Waals surface area contributed by atoms with Crippen LogP contribution in [0.25, 0.3) is 0 Å². The molecule has 0 bridgehead atoms. The van der Waals surface area contributed by atoms with Gasteiger partial charge in [0.05, 0.1) is 13.1 Å². The number of likely N-dealkylation sites (N-methyl/N-ethyl adjacent to an activating group) is 2. The first kappa shape index (κ1) is 18.1. The zero-order valence-electron chi connectivity index (χ0n) is 12.9. The van der Waals surface area contributed by atoms with Crippen molar-refractivity contribution in [3.8, 4) is 0 Å². The van der Waals surface area contributed by atoms with Gasteiger partial charge in [-0.15, -0.1) is 0 Å². The van der Waals surface area contributed by atoms with Crippen molar-refractivity contribution in [2.75, 3.05) is 33.7 Å². The average Bonchev–Trinajstić information content (AvgIpc) is 2.35. The molecule has 0 rings (SSSR count). The molecule has 0 aromatic carbocycles. The summed E-state index contributed by atoms with van der Waals surface area (Å²) in [4.78, 5) is 37.7. The molecule has 0 heterocycles. The normalized spacial score (nSPS) is 9.80. The van der Waals surface area contributed by atoms with Gasteiger partial charge in [-0.3, -0.25) is 14.4 Å². The molecule has 1 N–H and O–H groups in total. The van der Waals surface area contributed by atoms with Gasteiger partial charge >= 0.3 is 0 Å². The standard InChI is InChI=1S/C14H25N3O3/c1-6-7-15-12(18)9-16(4)14(20)10-17(5)13(19)8-11(2)3/h2,6-10H2,1,3-5H3,(H,15,18). The molecule has 0 atom stereocenters. The fourth-order valence-electron chi connectivity index (χ4n) is 1.43. The zero-order chi connectivity index (χ0) is 15.7. The zero-order valence-corrected chi connectivity index (χ0v) is 12.9. The van der Waals surface area contributed by atoms with Crippen molar-refractivity contribution in [2.24, 2.45) is 0 Å². The molecule has 0 aliphatic heterocycles. The van der Waals surface area contributed by atoms with Gasteiger partial charge in [-0.2, -0.15) is 0 Å². The molecule has 3 amide bonds. The molecule has 0 unspecified atom stereocenters. The highest BCUT2D eigenvalue weighted by Gasteiger charge is 2.17. The number of carbonyl (C=O) groups excluding carboxylic acids is 3. The van der Waals surface area contributed by atoms with Crippen molar-refractivity contribution in [3.63, 3.8) is 0 Å². The van der Waals surface area contributed by atoms with Crippen LogP contribution in [0.4, 0.5) is 0 Å². The minimum Gasteiger partial charge on any atom is -0.355 e. The summed E-state index contributed by atoms with van der Waals surface area (Å²) in [6.45, 7) is 7.94. The van der Waals surface area contributed by atoms with Crippen molar-refractivity contribution in [1.82, 2.24) is 15.1 Å². The van der Waals surface area contributed by atoms with Crippen LogP contribution in [0, 0.1) is 0 Å². The van der Waals surface area contributed by atoms with Gasteiger partial charge in [0.2, 0.25) is 17.7 Å². The number of hydrogen-bond acceptors (Lipinski definition) is 3. The van der Waals surface area contributed by atoms with Crippen LogP contribution in [-0.4, -0.2) is 61.3 Å².